The van der Waals surface area contributed by atoms with E-state index in [9.17, 15) is 4.79 Å². The number of nitrogens with zero attached hydrogens (tertiary/aromatic N) is 2. The number of benzene rings is 1. The van der Waals surface area contributed by atoms with Crippen molar-refractivity contribution in [3.05, 3.63) is 46.2 Å². The van der Waals surface area contributed by atoms with Gasteiger partial charge in [0, 0.05) is 18.4 Å². The molecule has 0 saturated carbocycles. The average Bonchev–Trinajstić information content (AvgIpc) is 2.89. The van der Waals surface area contributed by atoms with Crippen molar-refractivity contribution in [2.75, 3.05) is 12.3 Å². The fourth-order valence-electron chi connectivity index (χ4n) is 1.91. The van der Waals surface area contributed by atoms with Gasteiger partial charge in [-0.1, -0.05) is 13.0 Å². The first-order valence-corrected chi connectivity index (χ1v) is 7.63. The smallest absolute Gasteiger partial charge is 0.340 e. The minimum atomic E-state index is -0.363. The number of carbonyl (C=O) groups is 1. The number of esters is 1. The topological polar surface area (TPSA) is 70.1 Å². The number of hydrogen-bond acceptors (Lipinski definition) is 4. The number of halogens is 1. The quantitative estimate of drug-likeness (QED) is 0.641. The molecule has 0 saturated heterocycles. The van der Waals surface area contributed by atoms with Crippen molar-refractivity contribution >= 4 is 27.6 Å². The number of ether oxygens (including phenoxy) is 1. The summed E-state index contributed by atoms with van der Waals surface area (Å²) in [5, 5.41) is 4.20. The van der Waals surface area contributed by atoms with E-state index in [-0.39, 0.29) is 5.97 Å². The van der Waals surface area contributed by atoms with E-state index in [2.05, 4.69) is 21.0 Å². The number of rotatable bonds is 6. The van der Waals surface area contributed by atoms with Crippen molar-refractivity contribution in [1.29, 1.82) is 0 Å². The van der Waals surface area contributed by atoms with Crippen LogP contribution in [0.5, 0.6) is 0 Å². The molecule has 0 atom stereocenters. The molecule has 1 aromatic heterocycles. The minimum absolute atomic E-state index is 0.363. The zero-order valence-corrected chi connectivity index (χ0v) is 13.5. The van der Waals surface area contributed by atoms with E-state index in [4.69, 9.17) is 10.5 Å². The molecule has 0 aliphatic rings. The molecule has 5 nitrogen and oxygen atoms in total. The van der Waals surface area contributed by atoms with Gasteiger partial charge in [0.2, 0.25) is 0 Å². The average molecular weight is 352 g/mol. The number of aromatic nitrogens is 2. The highest BCUT2D eigenvalue weighted by atomic mass is 79.9. The van der Waals surface area contributed by atoms with E-state index in [1.54, 1.807) is 18.3 Å². The Morgan fingerprint density at radius 3 is 2.95 bits per heavy atom. The lowest BCUT2D eigenvalue weighted by Gasteiger charge is -2.09. The van der Waals surface area contributed by atoms with Gasteiger partial charge in [-0.25, -0.2) is 4.79 Å². The first-order chi connectivity index (χ1) is 10.1. The van der Waals surface area contributed by atoms with Crippen LogP contribution in [0.2, 0.25) is 0 Å². The van der Waals surface area contributed by atoms with Gasteiger partial charge in [0.05, 0.1) is 22.8 Å². The Hall–Kier alpha value is -1.82. The molecule has 0 radical (unpaired) electrons. The van der Waals surface area contributed by atoms with Crippen LogP contribution < -0.4 is 5.73 Å². The lowest BCUT2D eigenvalue weighted by Crippen LogP contribution is -2.10. The second-order valence-electron chi connectivity index (χ2n) is 4.73. The molecule has 1 aromatic carbocycles. The van der Waals surface area contributed by atoms with Crippen LogP contribution in [-0.2, 0) is 17.7 Å². The van der Waals surface area contributed by atoms with Gasteiger partial charge in [-0.2, -0.15) is 5.10 Å². The summed E-state index contributed by atoms with van der Waals surface area (Å²) in [5.41, 5.74) is 7.75. The Morgan fingerprint density at radius 1 is 1.48 bits per heavy atom. The van der Waals surface area contributed by atoms with Gasteiger partial charge in [0.25, 0.3) is 0 Å². The van der Waals surface area contributed by atoms with Gasteiger partial charge < -0.3 is 10.5 Å². The van der Waals surface area contributed by atoms with E-state index in [0.29, 0.717) is 17.9 Å². The molecule has 2 N–H and O–H groups in total. The highest BCUT2D eigenvalue weighted by Gasteiger charge is 2.12. The van der Waals surface area contributed by atoms with Crippen LogP contribution in [0, 0.1) is 0 Å². The minimum Gasteiger partial charge on any atom is -0.462 e. The van der Waals surface area contributed by atoms with E-state index in [0.717, 1.165) is 29.4 Å². The van der Waals surface area contributed by atoms with Crippen LogP contribution in [0.3, 0.4) is 0 Å². The van der Waals surface area contributed by atoms with Crippen molar-refractivity contribution in [2.24, 2.45) is 0 Å². The highest BCUT2D eigenvalue weighted by molar-refractivity contribution is 9.10. The highest BCUT2D eigenvalue weighted by Crippen LogP contribution is 2.17. The Morgan fingerprint density at radius 2 is 2.29 bits per heavy atom. The van der Waals surface area contributed by atoms with Crippen molar-refractivity contribution in [1.82, 2.24) is 9.78 Å². The summed E-state index contributed by atoms with van der Waals surface area (Å²) in [6.45, 7) is 3.10. The molecular formula is C15H18BrN3O2. The largest absolute Gasteiger partial charge is 0.462 e. The zero-order valence-electron chi connectivity index (χ0n) is 11.9. The maximum absolute atomic E-state index is 11.9. The van der Waals surface area contributed by atoms with Gasteiger partial charge in [-0.3, -0.25) is 4.68 Å². The monoisotopic (exact) mass is 351 g/mol. The maximum Gasteiger partial charge on any atom is 0.340 e. The predicted molar refractivity (Wildman–Crippen MR) is 85.1 cm³/mol. The summed E-state index contributed by atoms with van der Waals surface area (Å²) in [7, 11) is 0. The fourth-order valence-corrected chi connectivity index (χ4v) is 2.24. The third kappa shape index (κ3) is 4.32. The summed E-state index contributed by atoms with van der Waals surface area (Å²) >= 11 is 3.36. The maximum atomic E-state index is 11.9. The number of hydrogen-bond donors (Lipinski definition) is 1. The molecule has 21 heavy (non-hydrogen) atoms. The third-order valence-electron chi connectivity index (χ3n) is 3.01. The van der Waals surface area contributed by atoms with Crippen molar-refractivity contribution in [3.8, 4) is 0 Å². The van der Waals surface area contributed by atoms with E-state index >= 15 is 0 Å². The Labute approximate surface area is 132 Å². The van der Waals surface area contributed by atoms with Gasteiger partial charge >= 0.3 is 5.97 Å². The van der Waals surface area contributed by atoms with Crippen LogP contribution in [0.4, 0.5) is 5.69 Å². The lowest BCUT2D eigenvalue weighted by atomic mass is 10.1. The van der Waals surface area contributed by atoms with Crippen LogP contribution >= 0.6 is 15.9 Å². The van der Waals surface area contributed by atoms with Crippen LogP contribution in [-0.4, -0.2) is 22.4 Å². The SMILES string of the molecule is CCCOC(=O)c1cc(CCn2cc(Br)cn2)ccc1N. The van der Waals surface area contributed by atoms with Crippen molar-refractivity contribution in [3.63, 3.8) is 0 Å². The normalized spacial score (nSPS) is 10.6. The van der Waals surface area contributed by atoms with Gasteiger partial charge in [0.15, 0.2) is 0 Å². The summed E-state index contributed by atoms with van der Waals surface area (Å²) in [6, 6.07) is 5.47. The number of carbonyl (C=O) groups excluding carboxylic acids is 1. The predicted octanol–water partition coefficient (Wildman–Crippen LogP) is 3.04. The summed E-state index contributed by atoms with van der Waals surface area (Å²) < 4.78 is 7.93. The molecule has 0 spiro atoms. The molecule has 112 valence electrons. The number of anilines is 1. The molecule has 0 amide bonds. The fraction of sp³-hybridized carbons (Fsp3) is 0.333. The molecule has 0 fully saturated rings. The Balaban J connectivity index is 2.05. The molecular weight excluding hydrogens is 334 g/mol. The Kier molecular flexibility index (Phi) is 5.38. The Bertz CT molecular complexity index is 625. The van der Waals surface area contributed by atoms with E-state index in [1.807, 2.05) is 23.9 Å². The standard InChI is InChI=1S/C15H18BrN3O2/c1-2-7-21-15(20)13-8-11(3-4-14(13)17)5-6-19-10-12(16)9-18-19/h3-4,8-10H,2,5-7,17H2,1H3. The second kappa shape index (κ2) is 7.26. The molecule has 6 heteroatoms. The molecule has 2 rings (SSSR count). The summed E-state index contributed by atoms with van der Waals surface area (Å²) in [4.78, 5) is 11.9. The van der Waals surface area contributed by atoms with Crippen molar-refractivity contribution in [2.45, 2.75) is 26.3 Å². The number of nitrogens with two attached hydrogens (primary N) is 1. The van der Waals surface area contributed by atoms with E-state index in [1.165, 1.54) is 0 Å². The molecule has 1 heterocycles. The molecule has 0 unspecified atom stereocenters. The first-order valence-electron chi connectivity index (χ1n) is 6.83. The molecule has 0 aliphatic heterocycles. The lowest BCUT2D eigenvalue weighted by molar-refractivity contribution is 0.0506. The molecule has 0 aliphatic carbocycles. The van der Waals surface area contributed by atoms with Gasteiger partial charge in [-0.15, -0.1) is 0 Å². The second-order valence-corrected chi connectivity index (χ2v) is 5.64. The van der Waals surface area contributed by atoms with E-state index < -0.39 is 0 Å². The summed E-state index contributed by atoms with van der Waals surface area (Å²) in [5.74, 6) is -0.363. The number of aryl methyl sites for hydroxylation is 2. The zero-order chi connectivity index (χ0) is 15.2. The third-order valence-corrected chi connectivity index (χ3v) is 3.42. The van der Waals surface area contributed by atoms with Crippen LogP contribution in [0.1, 0.15) is 29.3 Å². The van der Waals surface area contributed by atoms with Crippen LogP contribution in [0.25, 0.3) is 0 Å². The number of nitrogen functional groups attached to an aromatic ring is 1. The first kappa shape index (κ1) is 15.6. The van der Waals surface area contributed by atoms with Gasteiger partial charge in [0.1, 0.15) is 0 Å². The van der Waals surface area contributed by atoms with Gasteiger partial charge in [-0.05, 0) is 46.5 Å². The molecule has 0 bridgehead atoms. The molecule has 2 aromatic rings. The van der Waals surface area contributed by atoms with Crippen molar-refractivity contribution < 1.29 is 9.53 Å². The summed E-state index contributed by atoms with van der Waals surface area (Å²) in [6.07, 6.45) is 5.21. The van der Waals surface area contributed by atoms with Crippen LogP contribution in [0.15, 0.2) is 35.1 Å².